The maximum Gasteiger partial charge on any atom is 0.0718 e. The molecular weight excluding hydrogens is 222 g/mol. The number of fused-ring (bicyclic) bond motifs is 2. The van der Waals surface area contributed by atoms with E-state index in [1.165, 1.54) is 44.9 Å². The zero-order valence-electron chi connectivity index (χ0n) is 11.8. The molecule has 0 radical (unpaired) electrons. The van der Waals surface area contributed by atoms with E-state index in [0.717, 1.165) is 24.7 Å². The SMILES string of the molecule is CC1CCCC(O)(C2(CN)CC3CCC2C3)CC1. The van der Waals surface area contributed by atoms with Gasteiger partial charge in [-0.1, -0.05) is 26.2 Å². The van der Waals surface area contributed by atoms with Gasteiger partial charge < -0.3 is 10.8 Å². The van der Waals surface area contributed by atoms with Gasteiger partial charge in [0.1, 0.15) is 0 Å². The van der Waals surface area contributed by atoms with E-state index < -0.39 is 5.60 Å². The predicted molar refractivity (Wildman–Crippen MR) is 74.1 cm³/mol. The van der Waals surface area contributed by atoms with Crippen LogP contribution in [-0.4, -0.2) is 17.3 Å². The second-order valence-electron chi connectivity index (χ2n) is 7.51. The van der Waals surface area contributed by atoms with Crippen molar-refractivity contribution in [2.45, 2.75) is 70.3 Å². The van der Waals surface area contributed by atoms with E-state index in [0.29, 0.717) is 12.5 Å². The molecule has 0 amide bonds. The molecule has 0 aromatic rings. The fourth-order valence-electron chi connectivity index (χ4n) is 5.45. The van der Waals surface area contributed by atoms with E-state index >= 15 is 0 Å². The van der Waals surface area contributed by atoms with Gasteiger partial charge in [0.15, 0.2) is 0 Å². The third-order valence-electron chi connectivity index (χ3n) is 6.60. The summed E-state index contributed by atoms with van der Waals surface area (Å²) in [6.07, 6.45) is 10.9. The largest absolute Gasteiger partial charge is 0.389 e. The lowest BCUT2D eigenvalue weighted by Crippen LogP contribution is -2.55. The zero-order chi connectivity index (χ0) is 12.8. The van der Waals surface area contributed by atoms with Crippen LogP contribution in [-0.2, 0) is 0 Å². The molecule has 3 saturated carbocycles. The Morgan fingerprint density at radius 3 is 2.61 bits per heavy atom. The van der Waals surface area contributed by atoms with E-state index in [2.05, 4.69) is 6.92 Å². The molecule has 0 heterocycles. The van der Waals surface area contributed by atoms with Crippen LogP contribution in [0.4, 0.5) is 0 Å². The van der Waals surface area contributed by atoms with Crippen LogP contribution in [0, 0.1) is 23.2 Å². The fourth-order valence-corrected chi connectivity index (χ4v) is 5.45. The van der Waals surface area contributed by atoms with Crippen molar-refractivity contribution in [3.63, 3.8) is 0 Å². The molecule has 5 unspecified atom stereocenters. The van der Waals surface area contributed by atoms with Crippen molar-refractivity contribution < 1.29 is 5.11 Å². The van der Waals surface area contributed by atoms with Gasteiger partial charge in [-0.25, -0.2) is 0 Å². The Morgan fingerprint density at radius 1 is 1.17 bits per heavy atom. The Morgan fingerprint density at radius 2 is 2.00 bits per heavy atom. The number of aliphatic hydroxyl groups is 1. The van der Waals surface area contributed by atoms with Crippen molar-refractivity contribution in [2.75, 3.05) is 6.54 Å². The zero-order valence-corrected chi connectivity index (χ0v) is 11.8. The van der Waals surface area contributed by atoms with Crippen LogP contribution in [0.5, 0.6) is 0 Å². The second-order valence-corrected chi connectivity index (χ2v) is 7.51. The highest BCUT2D eigenvalue weighted by Crippen LogP contribution is 2.62. The maximum atomic E-state index is 11.4. The Labute approximate surface area is 111 Å². The van der Waals surface area contributed by atoms with Crippen LogP contribution in [0.2, 0.25) is 0 Å². The summed E-state index contributed by atoms with van der Waals surface area (Å²) in [6.45, 7) is 3.04. The van der Waals surface area contributed by atoms with Crippen molar-refractivity contribution in [1.29, 1.82) is 0 Å². The summed E-state index contributed by atoms with van der Waals surface area (Å²) in [5.74, 6) is 2.36. The van der Waals surface area contributed by atoms with Crippen LogP contribution >= 0.6 is 0 Å². The van der Waals surface area contributed by atoms with Crippen LogP contribution in [0.1, 0.15) is 64.7 Å². The average molecular weight is 251 g/mol. The first-order valence-electron chi connectivity index (χ1n) is 8.02. The summed E-state index contributed by atoms with van der Waals surface area (Å²) < 4.78 is 0. The molecule has 18 heavy (non-hydrogen) atoms. The van der Waals surface area contributed by atoms with Crippen LogP contribution in [0.25, 0.3) is 0 Å². The lowest BCUT2D eigenvalue weighted by molar-refractivity contribution is -0.119. The van der Waals surface area contributed by atoms with E-state index in [4.69, 9.17) is 5.73 Å². The summed E-state index contributed by atoms with van der Waals surface area (Å²) in [6, 6.07) is 0. The molecule has 0 aromatic carbocycles. The number of nitrogens with two attached hydrogens (primary N) is 1. The summed E-state index contributed by atoms with van der Waals surface area (Å²) >= 11 is 0. The Balaban J connectivity index is 1.86. The minimum Gasteiger partial charge on any atom is -0.389 e. The Kier molecular flexibility index (Phi) is 3.22. The second kappa shape index (κ2) is 4.49. The van der Waals surface area contributed by atoms with Crippen molar-refractivity contribution >= 4 is 0 Å². The van der Waals surface area contributed by atoms with Gasteiger partial charge in [0.2, 0.25) is 0 Å². The maximum absolute atomic E-state index is 11.4. The first kappa shape index (κ1) is 12.9. The molecule has 2 bridgehead atoms. The standard InChI is InChI=1S/C16H29NO/c1-12-3-2-7-16(18,8-6-12)15(11-17)10-13-4-5-14(15)9-13/h12-14,18H,2-11,17H2,1H3. The van der Waals surface area contributed by atoms with Crippen molar-refractivity contribution in [2.24, 2.45) is 28.9 Å². The van der Waals surface area contributed by atoms with Gasteiger partial charge >= 0.3 is 0 Å². The minimum atomic E-state index is -0.452. The van der Waals surface area contributed by atoms with Crippen LogP contribution in [0.15, 0.2) is 0 Å². The molecule has 3 rings (SSSR count). The third-order valence-corrected chi connectivity index (χ3v) is 6.60. The third kappa shape index (κ3) is 1.76. The van der Waals surface area contributed by atoms with Crippen molar-refractivity contribution in [3.8, 4) is 0 Å². The summed E-state index contributed by atoms with van der Waals surface area (Å²) in [7, 11) is 0. The normalized spacial score (nSPS) is 52.5. The summed E-state index contributed by atoms with van der Waals surface area (Å²) in [4.78, 5) is 0. The van der Waals surface area contributed by atoms with Crippen molar-refractivity contribution in [3.05, 3.63) is 0 Å². The minimum absolute atomic E-state index is 0.0694. The molecule has 0 aromatic heterocycles. The predicted octanol–water partition coefficient (Wildman–Crippen LogP) is 3.08. The molecule has 3 fully saturated rings. The lowest BCUT2D eigenvalue weighted by atomic mass is 9.59. The van der Waals surface area contributed by atoms with Gasteiger partial charge in [-0.15, -0.1) is 0 Å². The topological polar surface area (TPSA) is 46.2 Å². The highest BCUT2D eigenvalue weighted by atomic mass is 16.3. The van der Waals surface area contributed by atoms with Gasteiger partial charge in [-0.3, -0.25) is 0 Å². The Bertz CT molecular complexity index is 318. The molecule has 3 N–H and O–H groups in total. The van der Waals surface area contributed by atoms with Crippen molar-refractivity contribution in [1.82, 2.24) is 0 Å². The van der Waals surface area contributed by atoms with Gasteiger partial charge in [-0.05, 0) is 56.3 Å². The van der Waals surface area contributed by atoms with E-state index in [-0.39, 0.29) is 5.41 Å². The van der Waals surface area contributed by atoms with Gasteiger partial charge in [0.25, 0.3) is 0 Å². The molecule has 0 spiro atoms. The quantitative estimate of drug-likeness (QED) is 0.741. The van der Waals surface area contributed by atoms with Crippen LogP contribution in [0.3, 0.4) is 0 Å². The van der Waals surface area contributed by atoms with Gasteiger partial charge in [0, 0.05) is 12.0 Å². The molecule has 0 aliphatic heterocycles. The monoisotopic (exact) mass is 251 g/mol. The highest BCUT2D eigenvalue weighted by Gasteiger charge is 2.60. The molecule has 2 nitrogen and oxygen atoms in total. The molecule has 5 atom stereocenters. The van der Waals surface area contributed by atoms with E-state index in [1.54, 1.807) is 0 Å². The van der Waals surface area contributed by atoms with Gasteiger partial charge in [0.05, 0.1) is 5.60 Å². The smallest absolute Gasteiger partial charge is 0.0718 e. The number of hydrogen-bond donors (Lipinski definition) is 2. The van der Waals surface area contributed by atoms with Crippen LogP contribution < -0.4 is 5.73 Å². The van der Waals surface area contributed by atoms with E-state index in [1.807, 2.05) is 0 Å². The molecular formula is C16H29NO. The number of hydrogen-bond acceptors (Lipinski definition) is 2. The average Bonchev–Trinajstić information content (AvgIpc) is 2.92. The molecule has 104 valence electrons. The molecule has 3 aliphatic carbocycles. The van der Waals surface area contributed by atoms with Gasteiger partial charge in [-0.2, -0.15) is 0 Å². The first-order valence-corrected chi connectivity index (χ1v) is 8.02. The highest BCUT2D eigenvalue weighted by molar-refractivity contribution is 5.11. The fraction of sp³-hybridized carbons (Fsp3) is 1.00. The Hall–Kier alpha value is -0.0800. The summed E-state index contributed by atoms with van der Waals surface area (Å²) in [5.41, 5.74) is 5.81. The lowest BCUT2D eigenvalue weighted by Gasteiger charge is -2.50. The first-order chi connectivity index (χ1) is 8.60. The number of rotatable bonds is 2. The molecule has 0 saturated heterocycles. The molecule has 3 aliphatic rings. The molecule has 2 heteroatoms. The summed E-state index contributed by atoms with van der Waals surface area (Å²) in [5, 5.41) is 11.4. The van der Waals surface area contributed by atoms with E-state index in [9.17, 15) is 5.11 Å².